The molecule has 14 heavy (non-hydrogen) atoms. The molecule has 0 amide bonds. The standard InChI is InChI=1S/C12H26FN/c1-6-9-12(5,11(4)13)10-14(7-2)8-3/h11H,6-10H2,1-5H3. The van der Waals surface area contributed by atoms with Crippen LogP contribution in [0.3, 0.4) is 0 Å². The maximum Gasteiger partial charge on any atom is 0.104 e. The molecule has 1 nitrogen and oxygen atoms in total. The normalized spacial score (nSPS) is 18.2. The van der Waals surface area contributed by atoms with Gasteiger partial charge in [-0.2, -0.15) is 0 Å². The van der Waals surface area contributed by atoms with Gasteiger partial charge in [-0.3, -0.25) is 0 Å². The molecule has 0 aliphatic carbocycles. The Bertz CT molecular complexity index is 143. The molecule has 0 aromatic heterocycles. The van der Waals surface area contributed by atoms with E-state index < -0.39 is 6.17 Å². The van der Waals surface area contributed by atoms with Crippen molar-refractivity contribution in [1.29, 1.82) is 0 Å². The van der Waals surface area contributed by atoms with Crippen molar-refractivity contribution in [2.75, 3.05) is 19.6 Å². The Labute approximate surface area is 88.7 Å². The second-order valence-corrected chi connectivity index (χ2v) is 4.48. The molecule has 0 aromatic carbocycles. The molecule has 0 saturated heterocycles. The van der Waals surface area contributed by atoms with E-state index in [0.29, 0.717) is 0 Å². The molecule has 0 heterocycles. The van der Waals surface area contributed by atoms with Gasteiger partial charge >= 0.3 is 0 Å². The van der Waals surface area contributed by atoms with Gasteiger partial charge < -0.3 is 4.90 Å². The number of hydrogen-bond donors (Lipinski definition) is 0. The van der Waals surface area contributed by atoms with Crippen molar-refractivity contribution < 1.29 is 4.39 Å². The number of nitrogens with zero attached hydrogens (tertiary/aromatic N) is 1. The molecule has 0 saturated carbocycles. The van der Waals surface area contributed by atoms with E-state index in [2.05, 4.69) is 32.6 Å². The van der Waals surface area contributed by atoms with Crippen molar-refractivity contribution in [1.82, 2.24) is 4.90 Å². The fourth-order valence-electron chi connectivity index (χ4n) is 1.93. The molecule has 0 N–H and O–H groups in total. The topological polar surface area (TPSA) is 3.24 Å². The third-order valence-corrected chi connectivity index (χ3v) is 3.26. The Morgan fingerprint density at radius 2 is 1.71 bits per heavy atom. The number of halogens is 1. The lowest BCUT2D eigenvalue weighted by Gasteiger charge is -2.36. The lowest BCUT2D eigenvalue weighted by Crippen LogP contribution is -2.40. The number of rotatable bonds is 7. The minimum atomic E-state index is -0.719. The Morgan fingerprint density at radius 3 is 2.00 bits per heavy atom. The summed E-state index contributed by atoms with van der Waals surface area (Å²) >= 11 is 0. The van der Waals surface area contributed by atoms with E-state index in [0.717, 1.165) is 32.5 Å². The van der Waals surface area contributed by atoms with E-state index >= 15 is 0 Å². The molecule has 0 aliphatic rings. The predicted octanol–water partition coefficient (Wildman–Crippen LogP) is 3.49. The summed E-state index contributed by atoms with van der Waals surface area (Å²) in [6.07, 6.45) is 1.32. The van der Waals surface area contributed by atoms with E-state index in [1.54, 1.807) is 6.92 Å². The Balaban J connectivity index is 4.34. The second kappa shape index (κ2) is 6.39. The first-order valence-electron chi connectivity index (χ1n) is 5.86. The molecule has 0 aliphatic heterocycles. The predicted molar refractivity (Wildman–Crippen MR) is 61.4 cm³/mol. The fourth-order valence-corrected chi connectivity index (χ4v) is 1.93. The first-order valence-corrected chi connectivity index (χ1v) is 5.86. The molecule has 2 atom stereocenters. The van der Waals surface area contributed by atoms with Crippen LogP contribution in [0.25, 0.3) is 0 Å². The summed E-state index contributed by atoms with van der Waals surface area (Å²) in [5, 5.41) is 0. The molecule has 0 rings (SSSR count). The zero-order chi connectivity index (χ0) is 11.2. The Kier molecular flexibility index (Phi) is 6.34. The van der Waals surface area contributed by atoms with Crippen LogP contribution in [0.1, 0.15) is 47.5 Å². The van der Waals surface area contributed by atoms with Crippen molar-refractivity contribution >= 4 is 0 Å². The largest absolute Gasteiger partial charge is 0.303 e. The number of hydrogen-bond acceptors (Lipinski definition) is 1. The lowest BCUT2D eigenvalue weighted by atomic mass is 9.81. The molecule has 86 valence electrons. The minimum Gasteiger partial charge on any atom is -0.303 e. The highest BCUT2D eigenvalue weighted by atomic mass is 19.1. The highest BCUT2D eigenvalue weighted by Crippen LogP contribution is 2.30. The maximum atomic E-state index is 13.5. The van der Waals surface area contributed by atoms with Crippen molar-refractivity contribution in [2.24, 2.45) is 5.41 Å². The molecule has 0 fully saturated rings. The van der Waals surface area contributed by atoms with E-state index in [-0.39, 0.29) is 5.41 Å². The van der Waals surface area contributed by atoms with Crippen LogP contribution in [0.15, 0.2) is 0 Å². The van der Waals surface area contributed by atoms with Crippen LogP contribution in [0, 0.1) is 5.41 Å². The van der Waals surface area contributed by atoms with Gasteiger partial charge in [0.25, 0.3) is 0 Å². The van der Waals surface area contributed by atoms with Gasteiger partial charge in [-0.1, -0.05) is 34.1 Å². The van der Waals surface area contributed by atoms with Crippen LogP contribution in [-0.2, 0) is 0 Å². The third-order valence-electron chi connectivity index (χ3n) is 3.26. The van der Waals surface area contributed by atoms with Crippen molar-refractivity contribution in [3.63, 3.8) is 0 Å². The van der Waals surface area contributed by atoms with Crippen LogP contribution in [0.4, 0.5) is 4.39 Å². The van der Waals surface area contributed by atoms with Gasteiger partial charge in [0.1, 0.15) is 6.17 Å². The maximum absolute atomic E-state index is 13.5. The quantitative estimate of drug-likeness (QED) is 0.612. The van der Waals surface area contributed by atoms with Gasteiger partial charge in [0.2, 0.25) is 0 Å². The van der Waals surface area contributed by atoms with Crippen LogP contribution in [-0.4, -0.2) is 30.7 Å². The lowest BCUT2D eigenvalue weighted by molar-refractivity contribution is 0.0755. The van der Waals surface area contributed by atoms with Crippen molar-refractivity contribution in [3.05, 3.63) is 0 Å². The van der Waals surface area contributed by atoms with Crippen molar-refractivity contribution in [3.8, 4) is 0 Å². The van der Waals surface area contributed by atoms with E-state index in [1.165, 1.54) is 0 Å². The fraction of sp³-hybridized carbons (Fsp3) is 1.00. The van der Waals surface area contributed by atoms with Gasteiger partial charge in [-0.05, 0) is 26.4 Å². The molecular formula is C12H26FN. The first kappa shape index (κ1) is 13.9. The number of alkyl halides is 1. The highest BCUT2D eigenvalue weighted by Gasteiger charge is 2.31. The first-order chi connectivity index (χ1) is 6.50. The van der Waals surface area contributed by atoms with Gasteiger partial charge in [0.15, 0.2) is 0 Å². The monoisotopic (exact) mass is 203 g/mol. The second-order valence-electron chi connectivity index (χ2n) is 4.48. The highest BCUT2D eigenvalue weighted by molar-refractivity contribution is 4.82. The smallest absolute Gasteiger partial charge is 0.104 e. The summed E-state index contributed by atoms with van der Waals surface area (Å²) in [5.74, 6) is 0. The van der Waals surface area contributed by atoms with Crippen LogP contribution < -0.4 is 0 Å². The Morgan fingerprint density at radius 1 is 1.21 bits per heavy atom. The summed E-state index contributed by atoms with van der Waals surface area (Å²) in [7, 11) is 0. The molecular weight excluding hydrogens is 177 g/mol. The summed E-state index contributed by atoms with van der Waals surface area (Å²) in [4.78, 5) is 2.31. The molecule has 2 unspecified atom stereocenters. The van der Waals surface area contributed by atoms with Gasteiger partial charge in [0, 0.05) is 12.0 Å². The van der Waals surface area contributed by atoms with Crippen molar-refractivity contribution in [2.45, 2.75) is 53.6 Å². The van der Waals surface area contributed by atoms with Gasteiger partial charge in [-0.25, -0.2) is 4.39 Å². The van der Waals surface area contributed by atoms with Crippen LogP contribution in [0.5, 0.6) is 0 Å². The average molecular weight is 203 g/mol. The van der Waals surface area contributed by atoms with Crippen LogP contribution >= 0.6 is 0 Å². The summed E-state index contributed by atoms with van der Waals surface area (Å²) in [5.41, 5.74) is -0.166. The van der Waals surface area contributed by atoms with E-state index in [4.69, 9.17) is 0 Å². The molecule has 2 heteroatoms. The summed E-state index contributed by atoms with van der Waals surface area (Å²) in [6, 6.07) is 0. The SMILES string of the molecule is CCCC(C)(CN(CC)CC)C(C)F. The Hall–Kier alpha value is -0.110. The summed E-state index contributed by atoms with van der Waals surface area (Å²) in [6.45, 7) is 13.1. The average Bonchev–Trinajstić information content (AvgIpc) is 2.14. The van der Waals surface area contributed by atoms with E-state index in [9.17, 15) is 4.39 Å². The zero-order valence-electron chi connectivity index (χ0n) is 10.4. The summed E-state index contributed by atoms with van der Waals surface area (Å²) < 4.78 is 13.5. The molecule has 0 spiro atoms. The van der Waals surface area contributed by atoms with E-state index in [1.807, 2.05) is 0 Å². The van der Waals surface area contributed by atoms with Gasteiger partial charge in [0.05, 0.1) is 0 Å². The zero-order valence-corrected chi connectivity index (χ0v) is 10.4. The third kappa shape index (κ3) is 3.95. The van der Waals surface area contributed by atoms with Crippen LogP contribution in [0.2, 0.25) is 0 Å². The molecule has 0 radical (unpaired) electrons. The van der Waals surface area contributed by atoms with Gasteiger partial charge in [-0.15, -0.1) is 0 Å². The minimum absolute atomic E-state index is 0.166. The molecule has 0 bridgehead atoms. The molecule has 0 aromatic rings.